The minimum atomic E-state index is -0.103. The molecule has 156 valence electrons. The number of ether oxygens (including phenoxy) is 1. The van der Waals surface area contributed by atoms with Crippen LogP contribution in [-0.4, -0.2) is 50.6 Å². The summed E-state index contributed by atoms with van der Waals surface area (Å²) in [5.41, 5.74) is 0.679. The lowest BCUT2D eigenvalue weighted by molar-refractivity contribution is -0.119. The topological polar surface area (TPSA) is 90.5 Å². The van der Waals surface area contributed by atoms with Gasteiger partial charge in [0.15, 0.2) is 5.16 Å². The van der Waals surface area contributed by atoms with E-state index in [2.05, 4.69) is 29.4 Å². The smallest absolute Gasteiger partial charge is 0.262 e. The maximum atomic E-state index is 13.0. The van der Waals surface area contributed by atoms with E-state index in [1.165, 1.54) is 11.8 Å². The molecule has 0 radical (unpaired) electrons. The molecule has 0 spiro atoms. The summed E-state index contributed by atoms with van der Waals surface area (Å²) in [7, 11) is 1.60. The van der Waals surface area contributed by atoms with Gasteiger partial charge in [-0.3, -0.25) is 18.6 Å². The van der Waals surface area contributed by atoms with Gasteiger partial charge in [0.2, 0.25) is 11.7 Å². The van der Waals surface area contributed by atoms with E-state index in [1.807, 2.05) is 35.6 Å². The molecule has 0 bridgehead atoms. The molecule has 1 N–H and O–H groups in total. The van der Waals surface area contributed by atoms with Crippen molar-refractivity contribution in [2.75, 3.05) is 19.5 Å². The third kappa shape index (κ3) is 4.79. The lowest BCUT2D eigenvalue weighted by atomic mass is 10.1. The first-order chi connectivity index (χ1) is 13.9. The summed E-state index contributed by atoms with van der Waals surface area (Å²) in [5.74, 6) is 1.07. The average Bonchev–Trinajstić information content (AvgIpc) is 3.10. The van der Waals surface area contributed by atoms with Crippen LogP contribution in [0.15, 0.2) is 34.2 Å². The molecule has 0 saturated heterocycles. The molecule has 0 aliphatic carbocycles. The zero-order chi connectivity index (χ0) is 21.0. The molecule has 0 aliphatic rings. The van der Waals surface area contributed by atoms with E-state index in [4.69, 9.17) is 4.74 Å². The number of para-hydroxylation sites is 1. The number of fused-ring (bicyclic) bond motifs is 3. The summed E-state index contributed by atoms with van der Waals surface area (Å²) < 4.78 is 8.59. The molecule has 0 aliphatic heterocycles. The highest BCUT2D eigenvalue weighted by molar-refractivity contribution is 7.99. The molecule has 0 fully saturated rings. The summed E-state index contributed by atoms with van der Waals surface area (Å²) >= 11 is 1.30. The summed E-state index contributed by atoms with van der Waals surface area (Å²) in [4.78, 5) is 25.2. The normalized spacial score (nSPS) is 12.7. The van der Waals surface area contributed by atoms with Gasteiger partial charge in [-0.2, -0.15) is 0 Å². The molecule has 8 nitrogen and oxygen atoms in total. The highest BCUT2D eigenvalue weighted by Gasteiger charge is 2.18. The van der Waals surface area contributed by atoms with Crippen molar-refractivity contribution in [1.29, 1.82) is 0 Å². The molecule has 3 aromatic rings. The van der Waals surface area contributed by atoms with Gasteiger partial charge in [0.25, 0.3) is 5.56 Å². The Labute approximate surface area is 173 Å². The number of nitrogens with zero attached hydrogens (tertiary/aromatic N) is 4. The lowest BCUT2D eigenvalue weighted by Crippen LogP contribution is -2.36. The second-order valence-corrected chi connectivity index (χ2v) is 8.43. The Hall–Kier alpha value is -2.39. The fraction of sp³-hybridized carbons (Fsp3) is 0.500. The van der Waals surface area contributed by atoms with E-state index in [-0.39, 0.29) is 23.3 Å². The van der Waals surface area contributed by atoms with E-state index in [0.29, 0.717) is 35.4 Å². The fourth-order valence-electron chi connectivity index (χ4n) is 3.15. The summed E-state index contributed by atoms with van der Waals surface area (Å²) in [6.45, 7) is 7.16. The van der Waals surface area contributed by atoms with E-state index >= 15 is 0 Å². The Kier molecular flexibility index (Phi) is 6.92. The highest BCUT2D eigenvalue weighted by atomic mass is 32.2. The van der Waals surface area contributed by atoms with Crippen LogP contribution in [0.5, 0.6) is 0 Å². The quantitative estimate of drug-likeness (QED) is 0.538. The van der Waals surface area contributed by atoms with Crippen molar-refractivity contribution in [1.82, 2.24) is 24.5 Å². The van der Waals surface area contributed by atoms with E-state index in [9.17, 15) is 9.59 Å². The third-order valence-corrected chi connectivity index (χ3v) is 5.49. The molecule has 1 aromatic carbocycles. The van der Waals surface area contributed by atoms with Gasteiger partial charge in [-0.05, 0) is 31.4 Å². The van der Waals surface area contributed by atoms with Crippen molar-refractivity contribution in [3.8, 4) is 0 Å². The van der Waals surface area contributed by atoms with Crippen molar-refractivity contribution < 1.29 is 9.53 Å². The summed E-state index contributed by atoms with van der Waals surface area (Å²) in [5, 5.41) is 12.6. The Bertz CT molecular complexity index is 1060. The number of carbonyl (C=O) groups is 1. The van der Waals surface area contributed by atoms with Crippen molar-refractivity contribution in [2.45, 2.75) is 44.9 Å². The van der Waals surface area contributed by atoms with E-state index in [0.717, 1.165) is 11.9 Å². The molecular weight excluding hydrogens is 390 g/mol. The number of amides is 1. The predicted molar refractivity (Wildman–Crippen MR) is 114 cm³/mol. The zero-order valence-corrected chi connectivity index (χ0v) is 18.0. The fourth-order valence-corrected chi connectivity index (χ4v) is 3.91. The number of thioether (sulfide) groups is 1. The van der Waals surface area contributed by atoms with Gasteiger partial charge < -0.3 is 10.1 Å². The maximum absolute atomic E-state index is 13.0. The molecule has 0 unspecified atom stereocenters. The van der Waals surface area contributed by atoms with E-state index < -0.39 is 0 Å². The molecule has 29 heavy (non-hydrogen) atoms. The van der Waals surface area contributed by atoms with Crippen LogP contribution in [0.25, 0.3) is 16.7 Å². The Balaban J connectivity index is 1.95. The Morgan fingerprint density at radius 1 is 1.24 bits per heavy atom. The average molecular weight is 418 g/mol. The number of carbonyl (C=O) groups excluding carboxylic acids is 1. The zero-order valence-electron chi connectivity index (χ0n) is 17.2. The molecule has 1 amide bonds. The monoisotopic (exact) mass is 417 g/mol. The van der Waals surface area contributed by atoms with Gasteiger partial charge in [-0.25, -0.2) is 0 Å². The number of hydrogen-bond donors (Lipinski definition) is 1. The SMILES string of the molecule is COC[C@@H](C)NC(=O)CSc1nnc2n(CCC(C)C)c(=O)c3ccccc3n12. The molecule has 2 heterocycles. The van der Waals surface area contributed by atoms with Crippen molar-refractivity contribution >= 4 is 34.3 Å². The molecule has 1 atom stereocenters. The summed E-state index contributed by atoms with van der Waals surface area (Å²) in [6, 6.07) is 7.36. The first-order valence-electron chi connectivity index (χ1n) is 9.70. The van der Waals surface area contributed by atoms with Gasteiger partial charge in [0.05, 0.1) is 23.3 Å². The van der Waals surface area contributed by atoms with Gasteiger partial charge in [-0.1, -0.05) is 37.7 Å². The Morgan fingerprint density at radius 3 is 2.72 bits per heavy atom. The number of benzene rings is 1. The van der Waals surface area contributed by atoms with Gasteiger partial charge in [-0.15, -0.1) is 10.2 Å². The van der Waals surface area contributed by atoms with Crippen LogP contribution in [0.4, 0.5) is 0 Å². The third-order valence-electron chi connectivity index (χ3n) is 4.56. The van der Waals surface area contributed by atoms with Gasteiger partial charge >= 0.3 is 0 Å². The second kappa shape index (κ2) is 9.41. The number of methoxy groups -OCH3 is 1. The largest absolute Gasteiger partial charge is 0.383 e. The number of rotatable bonds is 9. The van der Waals surface area contributed by atoms with Crippen LogP contribution in [0.2, 0.25) is 0 Å². The van der Waals surface area contributed by atoms with Crippen LogP contribution >= 0.6 is 11.8 Å². The Morgan fingerprint density at radius 2 is 2.00 bits per heavy atom. The van der Waals surface area contributed by atoms with Crippen LogP contribution in [-0.2, 0) is 16.1 Å². The molecule has 0 saturated carbocycles. The van der Waals surface area contributed by atoms with Crippen molar-refractivity contribution in [3.05, 3.63) is 34.6 Å². The second-order valence-electron chi connectivity index (χ2n) is 7.49. The number of nitrogens with one attached hydrogen (secondary N) is 1. The number of aromatic nitrogens is 4. The number of hydrogen-bond acceptors (Lipinski definition) is 6. The lowest BCUT2D eigenvalue weighted by Gasteiger charge is -2.13. The van der Waals surface area contributed by atoms with Crippen molar-refractivity contribution in [3.63, 3.8) is 0 Å². The van der Waals surface area contributed by atoms with Crippen molar-refractivity contribution in [2.24, 2.45) is 5.92 Å². The minimum Gasteiger partial charge on any atom is -0.383 e. The molecule has 9 heteroatoms. The van der Waals surface area contributed by atoms with Crippen LogP contribution in [0, 0.1) is 5.92 Å². The van der Waals surface area contributed by atoms with Crippen LogP contribution in [0.1, 0.15) is 27.2 Å². The van der Waals surface area contributed by atoms with Gasteiger partial charge in [0.1, 0.15) is 0 Å². The molecule has 3 rings (SSSR count). The first-order valence-corrected chi connectivity index (χ1v) is 10.7. The van der Waals surface area contributed by atoms with E-state index in [1.54, 1.807) is 11.7 Å². The highest BCUT2D eigenvalue weighted by Crippen LogP contribution is 2.21. The van der Waals surface area contributed by atoms with Gasteiger partial charge in [0, 0.05) is 19.7 Å². The van der Waals surface area contributed by atoms with Crippen LogP contribution in [0.3, 0.4) is 0 Å². The van der Waals surface area contributed by atoms with Crippen LogP contribution < -0.4 is 10.9 Å². The standard InChI is InChI=1S/C20H27N5O3S/c1-13(2)9-10-24-18(27)15-7-5-6-8-16(15)25-19(24)22-23-20(25)29-12-17(26)21-14(3)11-28-4/h5-8,13-14H,9-12H2,1-4H3,(H,21,26)/t14-/m1/s1. The maximum Gasteiger partial charge on any atom is 0.262 e. The first kappa shape index (κ1) is 21.3. The number of aryl methyl sites for hydroxylation is 1. The minimum absolute atomic E-state index is 0.0645. The summed E-state index contributed by atoms with van der Waals surface area (Å²) in [6.07, 6.45) is 0.864. The molecule has 2 aromatic heterocycles. The molecular formula is C20H27N5O3S. The predicted octanol–water partition coefficient (Wildman–Crippen LogP) is 2.33.